The third kappa shape index (κ3) is 2.86. The summed E-state index contributed by atoms with van der Waals surface area (Å²) < 4.78 is 0. The zero-order valence-electron chi connectivity index (χ0n) is 6.71. The molecule has 0 unspecified atom stereocenters. The fourth-order valence-corrected chi connectivity index (χ4v) is 0.883. The lowest BCUT2D eigenvalue weighted by molar-refractivity contribution is -0.400. The van der Waals surface area contributed by atoms with E-state index in [1.165, 1.54) is 6.08 Å². The topological polar surface area (TPSA) is 60.2 Å². The molecule has 0 N–H and O–H groups in total. The molecule has 0 aromatic heterocycles. The van der Waals surface area contributed by atoms with E-state index in [1.807, 2.05) is 0 Å². The van der Waals surface area contributed by atoms with Crippen LogP contribution in [-0.2, 0) is 0 Å². The van der Waals surface area contributed by atoms with Crippen molar-refractivity contribution in [3.63, 3.8) is 0 Å². The van der Waals surface area contributed by atoms with E-state index in [1.54, 1.807) is 24.3 Å². The molecule has 0 amide bonds. The summed E-state index contributed by atoms with van der Waals surface area (Å²) in [4.78, 5) is 19.8. The Kier molecular flexibility index (Phi) is 2.92. The van der Waals surface area contributed by atoms with Crippen LogP contribution in [0.1, 0.15) is 15.9 Å². The summed E-state index contributed by atoms with van der Waals surface area (Å²) in [6, 6.07) is 6.57. The van der Waals surface area contributed by atoms with Crippen molar-refractivity contribution in [2.24, 2.45) is 0 Å². The van der Waals surface area contributed by atoms with Gasteiger partial charge in [0.25, 0.3) is 0 Å². The molecule has 0 radical (unpaired) electrons. The molecule has 0 saturated carbocycles. The van der Waals surface area contributed by atoms with Gasteiger partial charge < -0.3 is 0 Å². The van der Waals surface area contributed by atoms with Crippen LogP contribution in [0.4, 0.5) is 0 Å². The Morgan fingerprint density at radius 1 is 1.31 bits per heavy atom. The lowest BCUT2D eigenvalue weighted by Gasteiger charge is -1.91. The third-order valence-electron chi connectivity index (χ3n) is 1.44. The van der Waals surface area contributed by atoms with Gasteiger partial charge in [0.1, 0.15) is 6.29 Å². The molecular weight excluding hydrogens is 170 g/mol. The van der Waals surface area contributed by atoms with Gasteiger partial charge in [0.15, 0.2) is 0 Å². The number of rotatable bonds is 3. The first-order valence-electron chi connectivity index (χ1n) is 3.59. The van der Waals surface area contributed by atoms with E-state index in [9.17, 15) is 14.9 Å². The SMILES string of the molecule is O=Cc1cccc(/C=C/[N+](=O)[O-])c1. The second-order valence-electron chi connectivity index (χ2n) is 2.39. The number of carbonyl (C=O) groups is 1. The number of carbonyl (C=O) groups excluding carboxylic acids is 1. The van der Waals surface area contributed by atoms with Gasteiger partial charge in [-0.2, -0.15) is 0 Å². The monoisotopic (exact) mass is 177 g/mol. The number of hydrogen-bond donors (Lipinski definition) is 0. The van der Waals surface area contributed by atoms with Crippen LogP contribution in [0, 0.1) is 10.1 Å². The fraction of sp³-hybridized carbons (Fsp3) is 0. The second-order valence-corrected chi connectivity index (χ2v) is 2.39. The predicted molar refractivity (Wildman–Crippen MR) is 47.9 cm³/mol. The Balaban J connectivity index is 2.89. The molecule has 0 aliphatic rings. The molecule has 0 aliphatic heterocycles. The summed E-state index contributed by atoms with van der Waals surface area (Å²) >= 11 is 0. The maximum atomic E-state index is 10.3. The van der Waals surface area contributed by atoms with Crippen molar-refractivity contribution in [2.75, 3.05) is 0 Å². The molecule has 4 nitrogen and oxygen atoms in total. The second kappa shape index (κ2) is 4.15. The Bertz CT molecular complexity index is 358. The molecule has 4 heteroatoms. The van der Waals surface area contributed by atoms with Gasteiger partial charge in [-0.15, -0.1) is 0 Å². The Morgan fingerprint density at radius 3 is 2.62 bits per heavy atom. The van der Waals surface area contributed by atoms with Crippen molar-refractivity contribution >= 4 is 12.4 Å². The van der Waals surface area contributed by atoms with Crippen molar-refractivity contribution in [3.05, 3.63) is 51.7 Å². The Labute approximate surface area is 74.7 Å². The molecule has 1 aromatic carbocycles. The van der Waals surface area contributed by atoms with Crippen LogP contribution in [-0.4, -0.2) is 11.2 Å². The van der Waals surface area contributed by atoms with Crippen LogP contribution in [0.25, 0.3) is 6.08 Å². The standard InChI is InChI=1S/C9H7NO3/c11-7-9-3-1-2-8(6-9)4-5-10(12)13/h1-7H/b5-4+. The first-order valence-corrected chi connectivity index (χ1v) is 3.59. The van der Waals surface area contributed by atoms with Gasteiger partial charge in [0, 0.05) is 11.6 Å². The first-order chi connectivity index (χ1) is 6.22. The molecule has 0 bridgehead atoms. The Morgan fingerprint density at radius 2 is 2.00 bits per heavy atom. The molecule has 0 spiro atoms. The van der Waals surface area contributed by atoms with Gasteiger partial charge in [-0.3, -0.25) is 14.9 Å². The normalized spacial score (nSPS) is 10.2. The smallest absolute Gasteiger partial charge is 0.235 e. The van der Waals surface area contributed by atoms with E-state index >= 15 is 0 Å². The lowest BCUT2D eigenvalue weighted by atomic mass is 10.1. The quantitative estimate of drug-likeness (QED) is 0.401. The van der Waals surface area contributed by atoms with Gasteiger partial charge >= 0.3 is 0 Å². The highest BCUT2D eigenvalue weighted by Gasteiger charge is 1.92. The van der Waals surface area contributed by atoms with Crippen LogP contribution in [0.3, 0.4) is 0 Å². The first kappa shape index (κ1) is 9.12. The van der Waals surface area contributed by atoms with Crippen molar-refractivity contribution < 1.29 is 9.72 Å². The highest BCUT2D eigenvalue weighted by atomic mass is 16.6. The lowest BCUT2D eigenvalue weighted by Crippen LogP contribution is -1.84. The highest BCUT2D eigenvalue weighted by Crippen LogP contribution is 2.04. The molecule has 66 valence electrons. The molecule has 13 heavy (non-hydrogen) atoms. The number of hydrogen-bond acceptors (Lipinski definition) is 3. The molecule has 0 heterocycles. The van der Waals surface area contributed by atoms with Crippen LogP contribution in [0.15, 0.2) is 30.5 Å². The van der Waals surface area contributed by atoms with E-state index in [0.29, 0.717) is 17.4 Å². The van der Waals surface area contributed by atoms with Gasteiger partial charge in [0.05, 0.1) is 4.92 Å². The van der Waals surface area contributed by atoms with Gasteiger partial charge in [0.2, 0.25) is 6.20 Å². The third-order valence-corrected chi connectivity index (χ3v) is 1.44. The number of benzene rings is 1. The molecule has 1 aromatic rings. The highest BCUT2D eigenvalue weighted by molar-refractivity contribution is 5.76. The average Bonchev–Trinajstić information content (AvgIpc) is 2.15. The van der Waals surface area contributed by atoms with E-state index in [2.05, 4.69) is 0 Å². The largest absolute Gasteiger partial charge is 0.298 e. The van der Waals surface area contributed by atoms with Crippen LogP contribution < -0.4 is 0 Å². The number of aldehydes is 1. The maximum Gasteiger partial charge on any atom is 0.235 e. The minimum absolute atomic E-state index is 0.505. The summed E-state index contributed by atoms with van der Waals surface area (Å²) in [5.41, 5.74) is 1.15. The minimum Gasteiger partial charge on any atom is -0.298 e. The van der Waals surface area contributed by atoms with Gasteiger partial charge in [-0.05, 0) is 11.6 Å². The van der Waals surface area contributed by atoms with Crippen molar-refractivity contribution in [1.29, 1.82) is 0 Å². The van der Waals surface area contributed by atoms with E-state index < -0.39 is 4.92 Å². The van der Waals surface area contributed by atoms with Crippen molar-refractivity contribution in [2.45, 2.75) is 0 Å². The summed E-state index contributed by atoms with van der Waals surface area (Å²) in [6.07, 6.45) is 2.88. The van der Waals surface area contributed by atoms with Crippen LogP contribution >= 0.6 is 0 Å². The Hall–Kier alpha value is -1.97. The summed E-state index contributed by atoms with van der Waals surface area (Å²) in [6.45, 7) is 0. The fourth-order valence-electron chi connectivity index (χ4n) is 0.883. The predicted octanol–water partition coefficient (Wildman–Crippen LogP) is 1.75. The molecule has 0 fully saturated rings. The average molecular weight is 177 g/mol. The van der Waals surface area contributed by atoms with E-state index in [0.717, 1.165) is 6.20 Å². The van der Waals surface area contributed by atoms with E-state index in [4.69, 9.17) is 0 Å². The molecule has 1 rings (SSSR count). The van der Waals surface area contributed by atoms with E-state index in [-0.39, 0.29) is 0 Å². The maximum absolute atomic E-state index is 10.3. The molecule has 0 saturated heterocycles. The van der Waals surface area contributed by atoms with Crippen molar-refractivity contribution in [1.82, 2.24) is 0 Å². The molecular formula is C9H7NO3. The summed E-state index contributed by atoms with van der Waals surface area (Å²) in [5.74, 6) is 0. The van der Waals surface area contributed by atoms with Crippen molar-refractivity contribution in [3.8, 4) is 0 Å². The molecule has 0 aliphatic carbocycles. The van der Waals surface area contributed by atoms with Crippen LogP contribution in [0.5, 0.6) is 0 Å². The summed E-state index contributed by atoms with van der Waals surface area (Å²) in [7, 11) is 0. The van der Waals surface area contributed by atoms with Gasteiger partial charge in [-0.25, -0.2) is 0 Å². The number of nitro groups is 1. The van der Waals surface area contributed by atoms with Crippen LogP contribution in [0.2, 0.25) is 0 Å². The zero-order chi connectivity index (χ0) is 9.68. The van der Waals surface area contributed by atoms with Gasteiger partial charge in [-0.1, -0.05) is 18.2 Å². The minimum atomic E-state index is -0.548. The number of nitrogens with zero attached hydrogens (tertiary/aromatic N) is 1. The zero-order valence-corrected chi connectivity index (χ0v) is 6.71. The summed E-state index contributed by atoms with van der Waals surface area (Å²) in [5, 5.41) is 9.98. The molecule has 0 atom stereocenters.